The highest BCUT2D eigenvalue weighted by Crippen LogP contribution is 2.84. The first-order chi connectivity index (χ1) is 7.94. The average Bonchev–Trinajstić information content (AvgIpc) is 2.62. The highest BCUT2D eigenvalue weighted by atomic mass is 28.3. The molecule has 0 aliphatic heterocycles. The quantitative estimate of drug-likeness (QED) is 0.662. The molecule has 2 nitrogen and oxygen atoms in total. The third-order valence-corrected chi connectivity index (χ3v) is 9.68. The standard InChI is InChI=1S/C14H18O2Si/c1-17(2,3)14-10-4-5-7-6(4)12(15)8(10)9(11(5)14)13(7)16/h4-11,14H,1-3H3. The van der Waals surface area contributed by atoms with Gasteiger partial charge in [-0.25, -0.2) is 0 Å². The third-order valence-electron chi connectivity index (χ3n) is 6.91. The van der Waals surface area contributed by atoms with E-state index in [1.165, 1.54) is 0 Å². The maximum Gasteiger partial charge on any atom is 0.141 e. The number of carbonyl (C=O) groups is 2. The van der Waals surface area contributed by atoms with E-state index in [1.807, 2.05) is 0 Å². The first-order valence-electron chi connectivity index (χ1n) is 7.02. The van der Waals surface area contributed by atoms with Crippen LogP contribution in [0.2, 0.25) is 25.2 Å². The van der Waals surface area contributed by atoms with Gasteiger partial charge in [-0.1, -0.05) is 19.6 Å². The molecule has 8 atom stereocenters. The van der Waals surface area contributed by atoms with Crippen LogP contribution in [0.5, 0.6) is 0 Å². The van der Waals surface area contributed by atoms with Crippen LogP contribution in [0.1, 0.15) is 0 Å². The Morgan fingerprint density at radius 3 is 1.41 bits per heavy atom. The lowest BCUT2D eigenvalue weighted by Gasteiger charge is -2.42. The molecule has 5 rings (SSSR count). The van der Waals surface area contributed by atoms with Gasteiger partial charge in [-0.2, -0.15) is 0 Å². The van der Waals surface area contributed by atoms with Gasteiger partial charge in [-0.05, 0) is 29.2 Å². The van der Waals surface area contributed by atoms with Crippen LogP contribution in [0.25, 0.3) is 0 Å². The Morgan fingerprint density at radius 2 is 1.06 bits per heavy atom. The molecule has 0 aromatic carbocycles. The first kappa shape index (κ1) is 9.48. The lowest BCUT2D eigenvalue weighted by molar-refractivity contribution is -0.145. The number of Topliss-reactive ketones (excluding diaryl/α,β-unsaturated/α-hetero) is 2. The van der Waals surface area contributed by atoms with E-state index < -0.39 is 8.07 Å². The average molecular weight is 246 g/mol. The van der Waals surface area contributed by atoms with Gasteiger partial charge in [-0.15, -0.1) is 0 Å². The van der Waals surface area contributed by atoms with Gasteiger partial charge in [0.2, 0.25) is 0 Å². The topological polar surface area (TPSA) is 34.1 Å². The molecule has 0 heterocycles. The summed E-state index contributed by atoms with van der Waals surface area (Å²) in [6.07, 6.45) is 0. The van der Waals surface area contributed by atoms with E-state index >= 15 is 0 Å². The van der Waals surface area contributed by atoms with Crippen molar-refractivity contribution in [1.82, 2.24) is 0 Å². The lowest BCUT2D eigenvalue weighted by atomic mass is 9.59. The Morgan fingerprint density at radius 1 is 0.706 bits per heavy atom. The fourth-order valence-electron chi connectivity index (χ4n) is 7.01. The van der Waals surface area contributed by atoms with Crippen molar-refractivity contribution in [2.24, 2.45) is 47.3 Å². The van der Waals surface area contributed by atoms with E-state index in [0.717, 1.165) is 5.54 Å². The molecule has 5 aliphatic carbocycles. The minimum Gasteiger partial charge on any atom is -0.299 e. The van der Waals surface area contributed by atoms with E-state index in [-0.39, 0.29) is 23.7 Å². The predicted octanol–water partition coefficient (Wildman–Crippen LogP) is 1.83. The summed E-state index contributed by atoms with van der Waals surface area (Å²) in [4.78, 5) is 24.8. The predicted molar refractivity (Wildman–Crippen MR) is 65.0 cm³/mol. The summed E-state index contributed by atoms with van der Waals surface area (Å²) in [5.41, 5.74) is 0.776. The second-order valence-electron chi connectivity index (χ2n) is 8.11. The van der Waals surface area contributed by atoms with Gasteiger partial charge in [0.15, 0.2) is 0 Å². The molecule has 3 heteroatoms. The summed E-state index contributed by atoms with van der Waals surface area (Å²) in [5.74, 6) is 4.38. The molecule has 0 aromatic rings. The van der Waals surface area contributed by atoms with Gasteiger partial charge in [0.25, 0.3) is 0 Å². The van der Waals surface area contributed by atoms with Gasteiger partial charge in [0, 0.05) is 31.7 Å². The molecule has 5 aliphatic rings. The van der Waals surface area contributed by atoms with Crippen molar-refractivity contribution in [3.8, 4) is 0 Å². The Labute approximate surface area is 102 Å². The fourth-order valence-corrected chi connectivity index (χ4v) is 10.2. The van der Waals surface area contributed by atoms with Crippen LogP contribution >= 0.6 is 0 Å². The van der Waals surface area contributed by atoms with Crippen molar-refractivity contribution in [2.45, 2.75) is 25.2 Å². The van der Waals surface area contributed by atoms with Crippen LogP contribution in [0.4, 0.5) is 0 Å². The SMILES string of the molecule is C[Si](C)(C)C1C2C3C(=O)C4C5C(=O)C3C1C5C42. The van der Waals surface area contributed by atoms with Gasteiger partial charge in [-0.3, -0.25) is 9.59 Å². The van der Waals surface area contributed by atoms with Crippen LogP contribution in [0, 0.1) is 47.3 Å². The zero-order valence-corrected chi connectivity index (χ0v) is 11.5. The van der Waals surface area contributed by atoms with E-state index in [2.05, 4.69) is 19.6 Å². The smallest absolute Gasteiger partial charge is 0.141 e. The summed E-state index contributed by atoms with van der Waals surface area (Å²) in [6.45, 7) is 7.33. The highest BCUT2D eigenvalue weighted by Gasteiger charge is 2.87. The fraction of sp³-hybridized carbons (Fsp3) is 0.857. The third kappa shape index (κ3) is 0.665. The summed E-state index contributed by atoms with van der Waals surface area (Å²) in [6, 6.07) is 0. The Bertz CT molecular complexity index is 453. The van der Waals surface area contributed by atoms with Crippen molar-refractivity contribution in [3.63, 3.8) is 0 Å². The Kier molecular flexibility index (Phi) is 1.24. The van der Waals surface area contributed by atoms with Crippen molar-refractivity contribution >= 4 is 19.6 Å². The van der Waals surface area contributed by atoms with Crippen molar-refractivity contribution in [2.75, 3.05) is 0 Å². The molecule has 2 bridgehead atoms. The molecule has 5 saturated carbocycles. The summed E-state index contributed by atoms with van der Waals surface area (Å²) in [7, 11) is -1.23. The summed E-state index contributed by atoms with van der Waals surface area (Å²) < 4.78 is 0. The van der Waals surface area contributed by atoms with Crippen molar-refractivity contribution < 1.29 is 9.59 Å². The van der Waals surface area contributed by atoms with E-state index in [4.69, 9.17) is 0 Å². The number of hydrogen-bond donors (Lipinski definition) is 0. The monoisotopic (exact) mass is 246 g/mol. The highest BCUT2D eigenvalue weighted by molar-refractivity contribution is 6.78. The summed E-state index contributed by atoms with van der Waals surface area (Å²) >= 11 is 0. The number of ketones is 2. The molecule has 0 amide bonds. The number of hydrogen-bond acceptors (Lipinski definition) is 2. The largest absolute Gasteiger partial charge is 0.299 e. The van der Waals surface area contributed by atoms with E-state index in [0.29, 0.717) is 35.2 Å². The van der Waals surface area contributed by atoms with E-state index in [9.17, 15) is 9.59 Å². The molecule has 5 fully saturated rings. The lowest BCUT2D eigenvalue weighted by Crippen LogP contribution is -2.47. The molecule has 0 radical (unpaired) electrons. The van der Waals surface area contributed by atoms with E-state index in [1.54, 1.807) is 0 Å². The summed E-state index contributed by atoms with van der Waals surface area (Å²) in [5, 5.41) is 0. The van der Waals surface area contributed by atoms with Gasteiger partial charge >= 0.3 is 0 Å². The molecular weight excluding hydrogens is 228 g/mol. The number of carbonyl (C=O) groups excluding carboxylic acids is 2. The van der Waals surface area contributed by atoms with Gasteiger partial charge in [0.05, 0.1) is 0 Å². The van der Waals surface area contributed by atoms with Crippen LogP contribution in [0.3, 0.4) is 0 Å². The molecular formula is C14H18O2Si. The molecule has 90 valence electrons. The minimum atomic E-state index is -1.23. The second kappa shape index (κ2) is 2.22. The molecule has 0 N–H and O–H groups in total. The van der Waals surface area contributed by atoms with Crippen LogP contribution in [0.15, 0.2) is 0 Å². The maximum absolute atomic E-state index is 12.4. The Hall–Kier alpha value is -0.443. The van der Waals surface area contributed by atoms with Gasteiger partial charge in [0.1, 0.15) is 11.6 Å². The normalized spacial score (nSPS) is 65.0. The van der Waals surface area contributed by atoms with Crippen LogP contribution in [-0.2, 0) is 9.59 Å². The number of fused-ring (bicyclic) bond motifs is 2. The van der Waals surface area contributed by atoms with Crippen LogP contribution < -0.4 is 0 Å². The first-order valence-corrected chi connectivity index (χ1v) is 10.6. The zero-order chi connectivity index (χ0) is 11.9. The van der Waals surface area contributed by atoms with Crippen molar-refractivity contribution in [1.29, 1.82) is 0 Å². The van der Waals surface area contributed by atoms with Crippen LogP contribution in [-0.4, -0.2) is 19.6 Å². The molecule has 0 aromatic heterocycles. The second-order valence-corrected chi connectivity index (χ2v) is 13.5. The number of rotatable bonds is 1. The zero-order valence-electron chi connectivity index (χ0n) is 10.5. The Balaban J connectivity index is 1.76. The molecule has 0 spiro atoms. The van der Waals surface area contributed by atoms with Gasteiger partial charge < -0.3 is 0 Å². The molecule has 17 heavy (non-hydrogen) atoms. The maximum atomic E-state index is 12.4. The van der Waals surface area contributed by atoms with Crippen molar-refractivity contribution in [3.05, 3.63) is 0 Å². The molecule has 8 unspecified atom stereocenters. The molecule has 0 saturated heterocycles. The minimum absolute atomic E-state index is 0.189.